The third-order valence-corrected chi connectivity index (χ3v) is 4.37. The van der Waals surface area contributed by atoms with Crippen molar-refractivity contribution >= 4 is 33.0 Å². The molecule has 5 nitrogen and oxygen atoms in total. The summed E-state index contributed by atoms with van der Waals surface area (Å²) in [5, 5.41) is 0.0352. The van der Waals surface area contributed by atoms with Crippen LogP contribution in [0.25, 0.3) is 0 Å². The van der Waals surface area contributed by atoms with Crippen molar-refractivity contribution in [3.8, 4) is 0 Å². The van der Waals surface area contributed by atoms with Gasteiger partial charge < -0.3 is 5.73 Å². The molecular weight excluding hydrogens is 317 g/mol. The van der Waals surface area contributed by atoms with E-state index in [1.165, 1.54) is 0 Å². The summed E-state index contributed by atoms with van der Waals surface area (Å²) in [6.45, 7) is 3.43. The van der Waals surface area contributed by atoms with Crippen molar-refractivity contribution in [2.45, 2.75) is 18.7 Å². The van der Waals surface area contributed by atoms with Crippen LogP contribution in [0.15, 0.2) is 29.2 Å². The molecule has 0 saturated carbocycles. The van der Waals surface area contributed by atoms with E-state index in [-0.39, 0.29) is 16.4 Å². The van der Waals surface area contributed by atoms with Gasteiger partial charge in [-0.2, -0.15) is 0 Å². The zero-order chi connectivity index (χ0) is 15.8. The maximum absolute atomic E-state index is 13.9. The van der Waals surface area contributed by atoms with Gasteiger partial charge in [0.15, 0.2) is 5.82 Å². The lowest BCUT2D eigenvalue weighted by molar-refractivity contribution is 0.573. The minimum absolute atomic E-state index is 0.0352. The van der Waals surface area contributed by atoms with Gasteiger partial charge in [0, 0.05) is 10.7 Å². The van der Waals surface area contributed by atoms with Crippen LogP contribution in [0.3, 0.4) is 0 Å². The average molecular weight is 330 g/mol. The van der Waals surface area contributed by atoms with Gasteiger partial charge in [0.1, 0.15) is 4.90 Å². The first-order valence-corrected chi connectivity index (χ1v) is 7.78. The summed E-state index contributed by atoms with van der Waals surface area (Å²) >= 11 is 5.73. The fraction of sp³-hybridized carbons (Fsp3) is 0.154. The van der Waals surface area contributed by atoms with Crippen molar-refractivity contribution in [2.75, 3.05) is 10.5 Å². The molecule has 0 aliphatic carbocycles. The molecule has 8 heteroatoms. The van der Waals surface area contributed by atoms with Crippen molar-refractivity contribution in [3.05, 3.63) is 46.5 Å². The third kappa shape index (κ3) is 3.25. The summed E-state index contributed by atoms with van der Waals surface area (Å²) in [5.41, 5.74) is 6.55. The van der Waals surface area contributed by atoms with Crippen molar-refractivity contribution < 1.29 is 12.8 Å². The normalized spacial score (nSPS) is 11.4. The highest BCUT2D eigenvalue weighted by molar-refractivity contribution is 7.92. The number of benzene rings is 1. The standard InChI is InChI=1S/C13H13ClFN3O2S/c1-7-3-4-11(8(2)17-7)18-21(19,20)12-6-9(14)5-10(16)13(12)15/h3-6,18H,16H2,1-2H3. The highest BCUT2D eigenvalue weighted by Crippen LogP contribution is 2.27. The fourth-order valence-electron chi connectivity index (χ4n) is 1.77. The Morgan fingerprint density at radius 2 is 1.95 bits per heavy atom. The van der Waals surface area contributed by atoms with Crippen LogP contribution in [-0.2, 0) is 10.0 Å². The molecule has 0 saturated heterocycles. The van der Waals surface area contributed by atoms with Gasteiger partial charge in [0.25, 0.3) is 10.0 Å². The van der Waals surface area contributed by atoms with E-state index in [1.807, 2.05) is 0 Å². The summed E-state index contributed by atoms with van der Waals surface area (Å²) in [4.78, 5) is 3.53. The molecule has 1 aromatic carbocycles. The molecular formula is C13H13ClFN3O2S. The van der Waals surface area contributed by atoms with Crippen LogP contribution in [0.2, 0.25) is 5.02 Å². The molecule has 0 radical (unpaired) electrons. The maximum atomic E-state index is 13.9. The van der Waals surface area contributed by atoms with Crippen molar-refractivity contribution in [1.29, 1.82) is 0 Å². The maximum Gasteiger partial charge on any atom is 0.265 e. The predicted octanol–water partition coefficient (Wildman–Crippen LogP) is 2.87. The zero-order valence-corrected chi connectivity index (χ0v) is 12.9. The Hall–Kier alpha value is -1.86. The number of pyridine rings is 1. The summed E-state index contributed by atoms with van der Waals surface area (Å²) in [6.07, 6.45) is 0. The largest absolute Gasteiger partial charge is 0.396 e. The van der Waals surface area contributed by atoms with Crippen LogP contribution in [0.4, 0.5) is 15.8 Å². The molecule has 2 aromatic rings. The zero-order valence-electron chi connectivity index (χ0n) is 11.3. The highest BCUT2D eigenvalue weighted by Gasteiger charge is 2.22. The SMILES string of the molecule is Cc1ccc(NS(=O)(=O)c2cc(Cl)cc(N)c2F)c(C)n1. The van der Waals surface area contributed by atoms with Crippen molar-refractivity contribution in [3.63, 3.8) is 0 Å². The summed E-state index contributed by atoms with van der Waals surface area (Å²) in [7, 11) is -4.15. The van der Waals surface area contributed by atoms with Crippen LogP contribution >= 0.6 is 11.6 Å². The Morgan fingerprint density at radius 1 is 1.29 bits per heavy atom. The van der Waals surface area contributed by atoms with E-state index in [4.69, 9.17) is 17.3 Å². The molecule has 2 rings (SSSR count). The number of nitrogens with two attached hydrogens (primary N) is 1. The second kappa shape index (κ2) is 5.50. The predicted molar refractivity (Wildman–Crippen MR) is 80.3 cm³/mol. The number of sulfonamides is 1. The number of nitrogens with one attached hydrogen (secondary N) is 1. The number of hydrogen-bond acceptors (Lipinski definition) is 4. The highest BCUT2D eigenvalue weighted by atomic mass is 35.5. The lowest BCUT2D eigenvalue weighted by Gasteiger charge is -2.12. The molecule has 21 heavy (non-hydrogen) atoms. The topological polar surface area (TPSA) is 85.1 Å². The van der Waals surface area contributed by atoms with Gasteiger partial charge in [-0.15, -0.1) is 0 Å². The molecule has 0 amide bonds. The first kappa shape index (κ1) is 15.5. The molecule has 0 fully saturated rings. The number of halogens is 2. The van der Waals surface area contributed by atoms with E-state index in [1.54, 1.807) is 26.0 Å². The Labute approximate surface area is 127 Å². The number of rotatable bonds is 3. The number of nitrogens with zero attached hydrogens (tertiary/aromatic N) is 1. The second-order valence-corrected chi connectivity index (χ2v) is 6.59. The third-order valence-electron chi connectivity index (χ3n) is 2.79. The van der Waals surface area contributed by atoms with E-state index < -0.39 is 20.7 Å². The molecule has 0 atom stereocenters. The monoisotopic (exact) mass is 329 g/mol. The van der Waals surface area contributed by atoms with E-state index in [0.29, 0.717) is 5.69 Å². The number of aromatic nitrogens is 1. The second-order valence-electron chi connectivity index (χ2n) is 4.50. The van der Waals surface area contributed by atoms with E-state index in [0.717, 1.165) is 17.8 Å². The van der Waals surface area contributed by atoms with E-state index in [9.17, 15) is 12.8 Å². The van der Waals surface area contributed by atoms with Gasteiger partial charge >= 0.3 is 0 Å². The molecule has 112 valence electrons. The summed E-state index contributed by atoms with van der Waals surface area (Å²) in [6, 6.07) is 5.36. The Morgan fingerprint density at radius 3 is 2.57 bits per heavy atom. The number of anilines is 2. The van der Waals surface area contributed by atoms with Crippen LogP contribution in [0, 0.1) is 19.7 Å². The average Bonchev–Trinajstić information content (AvgIpc) is 2.37. The smallest absolute Gasteiger partial charge is 0.265 e. The Bertz CT molecular complexity index is 809. The molecule has 0 spiro atoms. The number of aryl methyl sites for hydroxylation is 2. The molecule has 0 aliphatic rings. The van der Waals surface area contributed by atoms with Gasteiger partial charge in [-0.3, -0.25) is 9.71 Å². The summed E-state index contributed by atoms with van der Waals surface area (Å²) in [5.74, 6) is -1.04. The van der Waals surface area contributed by atoms with Gasteiger partial charge in [-0.05, 0) is 38.1 Å². The van der Waals surface area contributed by atoms with Gasteiger partial charge in [-0.25, -0.2) is 12.8 Å². The minimum atomic E-state index is -4.15. The molecule has 0 unspecified atom stereocenters. The lowest BCUT2D eigenvalue weighted by Crippen LogP contribution is -2.16. The quantitative estimate of drug-likeness (QED) is 0.848. The van der Waals surface area contributed by atoms with E-state index >= 15 is 0 Å². The number of nitrogen functional groups attached to an aromatic ring is 1. The van der Waals surface area contributed by atoms with Crippen LogP contribution in [-0.4, -0.2) is 13.4 Å². The Kier molecular flexibility index (Phi) is 4.06. The first-order chi connectivity index (χ1) is 9.70. The van der Waals surface area contributed by atoms with Gasteiger partial charge in [0.2, 0.25) is 0 Å². The van der Waals surface area contributed by atoms with Crippen molar-refractivity contribution in [1.82, 2.24) is 4.98 Å². The molecule has 3 N–H and O–H groups in total. The molecule has 0 bridgehead atoms. The fourth-order valence-corrected chi connectivity index (χ4v) is 3.32. The summed E-state index contributed by atoms with van der Waals surface area (Å²) < 4.78 is 40.7. The number of hydrogen-bond donors (Lipinski definition) is 2. The molecule has 1 heterocycles. The van der Waals surface area contributed by atoms with Crippen molar-refractivity contribution in [2.24, 2.45) is 0 Å². The van der Waals surface area contributed by atoms with Crippen LogP contribution in [0.5, 0.6) is 0 Å². The molecule has 0 aliphatic heterocycles. The van der Waals surface area contributed by atoms with E-state index in [2.05, 4.69) is 9.71 Å². The Balaban J connectivity index is 2.48. The minimum Gasteiger partial charge on any atom is -0.396 e. The van der Waals surface area contributed by atoms with Crippen LogP contribution in [0.1, 0.15) is 11.4 Å². The van der Waals surface area contributed by atoms with Crippen LogP contribution < -0.4 is 10.5 Å². The van der Waals surface area contributed by atoms with Gasteiger partial charge in [0.05, 0.1) is 17.1 Å². The molecule has 1 aromatic heterocycles. The first-order valence-electron chi connectivity index (χ1n) is 5.92. The van der Waals surface area contributed by atoms with Gasteiger partial charge in [-0.1, -0.05) is 11.6 Å². The lowest BCUT2D eigenvalue weighted by atomic mass is 10.3.